The molecule has 2 heterocycles. The Labute approximate surface area is 229 Å². The third-order valence-corrected chi connectivity index (χ3v) is 7.11. The second-order valence-corrected chi connectivity index (χ2v) is 10.2. The molecule has 1 atom stereocenters. The zero-order valence-corrected chi connectivity index (χ0v) is 22.6. The molecule has 39 heavy (non-hydrogen) atoms. The third-order valence-electron chi connectivity index (χ3n) is 6.13. The highest BCUT2D eigenvalue weighted by Gasteiger charge is 2.35. The van der Waals surface area contributed by atoms with Crippen molar-refractivity contribution in [1.29, 1.82) is 0 Å². The highest BCUT2D eigenvalue weighted by atomic mass is 32.1. The fourth-order valence-electron chi connectivity index (χ4n) is 4.50. The Hall–Kier alpha value is -4.30. The predicted molar refractivity (Wildman–Crippen MR) is 150 cm³/mol. The van der Waals surface area contributed by atoms with E-state index in [1.165, 1.54) is 28.0 Å². The third kappa shape index (κ3) is 5.33. The van der Waals surface area contributed by atoms with Gasteiger partial charge >= 0.3 is 5.97 Å². The number of para-hydroxylation sites is 1. The van der Waals surface area contributed by atoms with Crippen LogP contribution in [-0.4, -0.2) is 23.2 Å². The Kier molecular flexibility index (Phi) is 7.56. The molecule has 1 aromatic heterocycles. The quantitative estimate of drug-likeness (QED) is 0.313. The van der Waals surface area contributed by atoms with Gasteiger partial charge in [0.2, 0.25) is 0 Å². The van der Waals surface area contributed by atoms with Gasteiger partial charge in [0.25, 0.3) is 5.56 Å². The van der Waals surface area contributed by atoms with E-state index in [0.717, 1.165) is 5.56 Å². The van der Waals surface area contributed by atoms with E-state index in [0.29, 0.717) is 31.9 Å². The molecule has 6 nitrogen and oxygen atoms in total. The van der Waals surface area contributed by atoms with Gasteiger partial charge in [-0.05, 0) is 50.6 Å². The maximum atomic E-state index is 14.0. The number of rotatable bonds is 7. The van der Waals surface area contributed by atoms with Gasteiger partial charge in [-0.3, -0.25) is 9.36 Å². The van der Waals surface area contributed by atoms with Gasteiger partial charge in [-0.2, -0.15) is 0 Å². The molecule has 0 saturated carbocycles. The van der Waals surface area contributed by atoms with Gasteiger partial charge in [0, 0.05) is 11.1 Å². The topological polar surface area (TPSA) is 69.9 Å². The van der Waals surface area contributed by atoms with Crippen LogP contribution in [0.5, 0.6) is 5.75 Å². The van der Waals surface area contributed by atoms with Crippen LogP contribution in [0.3, 0.4) is 0 Å². The van der Waals surface area contributed by atoms with E-state index in [-0.39, 0.29) is 23.8 Å². The lowest BCUT2D eigenvalue weighted by atomic mass is 9.93. The first-order chi connectivity index (χ1) is 18.9. The van der Waals surface area contributed by atoms with Crippen molar-refractivity contribution < 1.29 is 18.7 Å². The molecular formula is C31H27FN2O4S. The smallest absolute Gasteiger partial charge is 0.338 e. The molecular weight excluding hydrogens is 515 g/mol. The van der Waals surface area contributed by atoms with E-state index in [4.69, 9.17) is 14.5 Å². The van der Waals surface area contributed by atoms with Crippen LogP contribution in [0.15, 0.2) is 94.2 Å². The first kappa shape index (κ1) is 26.3. The summed E-state index contributed by atoms with van der Waals surface area (Å²) >= 11 is 1.22. The summed E-state index contributed by atoms with van der Waals surface area (Å²) < 4.78 is 27.2. The highest BCUT2D eigenvalue weighted by molar-refractivity contribution is 7.07. The van der Waals surface area contributed by atoms with E-state index in [9.17, 15) is 14.0 Å². The summed E-state index contributed by atoms with van der Waals surface area (Å²) in [5, 5.41) is 0. The van der Waals surface area contributed by atoms with Gasteiger partial charge in [-0.15, -0.1) is 0 Å². The number of nitrogens with zero attached hydrogens (tertiary/aromatic N) is 2. The number of halogens is 1. The summed E-state index contributed by atoms with van der Waals surface area (Å²) in [6.45, 7) is 5.75. The molecule has 0 aliphatic carbocycles. The lowest BCUT2D eigenvalue weighted by Gasteiger charge is -2.25. The molecule has 0 amide bonds. The van der Waals surface area contributed by atoms with Gasteiger partial charge in [0.1, 0.15) is 11.6 Å². The summed E-state index contributed by atoms with van der Waals surface area (Å²) in [4.78, 5) is 32.7. The minimum Gasteiger partial charge on any atom is -0.490 e. The zero-order valence-electron chi connectivity index (χ0n) is 21.8. The van der Waals surface area contributed by atoms with Crippen molar-refractivity contribution in [3.8, 4) is 5.75 Å². The second kappa shape index (κ2) is 11.2. The molecule has 1 aliphatic heterocycles. The predicted octanol–water partition coefficient (Wildman–Crippen LogP) is 4.86. The normalized spacial score (nSPS) is 15.2. The first-order valence-electron chi connectivity index (χ1n) is 12.7. The molecule has 3 aromatic carbocycles. The van der Waals surface area contributed by atoms with E-state index in [1.54, 1.807) is 25.1 Å². The van der Waals surface area contributed by atoms with Crippen molar-refractivity contribution >= 4 is 29.1 Å². The van der Waals surface area contributed by atoms with Crippen LogP contribution in [-0.2, 0) is 9.53 Å². The Bertz CT molecular complexity index is 1720. The summed E-state index contributed by atoms with van der Waals surface area (Å²) in [5.41, 5.74) is 2.35. The van der Waals surface area contributed by atoms with E-state index in [2.05, 4.69) is 0 Å². The van der Waals surface area contributed by atoms with Crippen LogP contribution in [0, 0.1) is 5.82 Å². The van der Waals surface area contributed by atoms with Crippen LogP contribution in [0.25, 0.3) is 11.8 Å². The number of thiazole rings is 1. The fraction of sp³-hybridized carbons (Fsp3) is 0.194. The standard InChI is InChI=1S/C31H27FN2O4S/c1-4-37-30(36)26-27(20-10-6-5-7-11-20)33-31-34(28(26)21-14-16-23(32)17-15-21)29(35)25(39-31)18-22-12-8-9-13-24(22)38-19(2)3/h5-19,28H,4H2,1-3H3/b25-18-/t28-/m0/s1. The number of carbonyl (C=O) groups is 1. The number of carbonyl (C=O) groups excluding carboxylic acids is 1. The molecule has 0 saturated heterocycles. The SMILES string of the molecule is CCOC(=O)C1=C(c2ccccc2)N=c2s/c(=C\c3ccccc3OC(C)C)c(=O)n2[C@H]1c1ccc(F)cc1. The number of benzene rings is 3. The van der Waals surface area contributed by atoms with Gasteiger partial charge in [0.05, 0.1) is 34.6 Å². The van der Waals surface area contributed by atoms with E-state index >= 15 is 0 Å². The Morgan fingerprint density at radius 3 is 2.44 bits per heavy atom. The minimum absolute atomic E-state index is 0.0418. The van der Waals surface area contributed by atoms with Crippen molar-refractivity contribution in [2.24, 2.45) is 4.99 Å². The molecule has 0 bridgehead atoms. The van der Waals surface area contributed by atoms with E-state index in [1.807, 2.05) is 68.4 Å². The number of hydrogen-bond acceptors (Lipinski definition) is 6. The molecule has 4 aromatic rings. The van der Waals surface area contributed by atoms with Gasteiger partial charge in [-0.25, -0.2) is 14.2 Å². The molecule has 0 unspecified atom stereocenters. The monoisotopic (exact) mass is 542 g/mol. The first-order valence-corrected chi connectivity index (χ1v) is 13.5. The van der Waals surface area contributed by atoms with Crippen LogP contribution in [0.4, 0.5) is 4.39 Å². The van der Waals surface area contributed by atoms with Crippen LogP contribution in [0.1, 0.15) is 43.5 Å². The van der Waals surface area contributed by atoms with Gasteiger partial charge < -0.3 is 9.47 Å². The average Bonchev–Trinajstić information content (AvgIpc) is 3.24. The average molecular weight is 543 g/mol. The summed E-state index contributed by atoms with van der Waals surface area (Å²) in [5.74, 6) is -0.345. The number of esters is 1. The van der Waals surface area contributed by atoms with Gasteiger partial charge in [-0.1, -0.05) is 72.0 Å². The minimum atomic E-state index is -0.861. The molecule has 0 fully saturated rings. The lowest BCUT2D eigenvalue weighted by molar-refractivity contribution is -0.138. The summed E-state index contributed by atoms with van der Waals surface area (Å²) in [6, 6.07) is 21.7. The maximum Gasteiger partial charge on any atom is 0.338 e. The number of aromatic nitrogens is 1. The molecule has 1 aliphatic rings. The number of hydrogen-bond donors (Lipinski definition) is 0. The Morgan fingerprint density at radius 1 is 1.05 bits per heavy atom. The molecule has 5 rings (SSSR count). The lowest BCUT2D eigenvalue weighted by Crippen LogP contribution is -2.40. The van der Waals surface area contributed by atoms with Crippen molar-refractivity contribution in [2.45, 2.75) is 32.9 Å². The fourth-order valence-corrected chi connectivity index (χ4v) is 5.49. The Balaban J connectivity index is 1.80. The molecule has 0 spiro atoms. The largest absolute Gasteiger partial charge is 0.490 e. The molecule has 0 radical (unpaired) electrons. The highest BCUT2D eigenvalue weighted by Crippen LogP contribution is 2.35. The van der Waals surface area contributed by atoms with Crippen molar-refractivity contribution in [1.82, 2.24) is 4.57 Å². The second-order valence-electron chi connectivity index (χ2n) is 9.19. The van der Waals surface area contributed by atoms with Gasteiger partial charge in [0.15, 0.2) is 4.80 Å². The molecule has 198 valence electrons. The maximum absolute atomic E-state index is 14.0. The van der Waals surface area contributed by atoms with Crippen LogP contribution < -0.4 is 19.6 Å². The zero-order chi connectivity index (χ0) is 27.5. The summed E-state index contributed by atoms with van der Waals surface area (Å²) in [7, 11) is 0. The molecule has 0 N–H and O–H groups in total. The summed E-state index contributed by atoms with van der Waals surface area (Å²) in [6.07, 6.45) is 1.74. The van der Waals surface area contributed by atoms with Crippen LogP contribution >= 0.6 is 11.3 Å². The number of fused-ring (bicyclic) bond motifs is 1. The van der Waals surface area contributed by atoms with E-state index < -0.39 is 17.8 Å². The number of ether oxygens (including phenoxy) is 2. The van der Waals surface area contributed by atoms with Crippen molar-refractivity contribution in [3.05, 3.63) is 127 Å². The molecule has 8 heteroatoms. The Morgan fingerprint density at radius 2 is 1.74 bits per heavy atom. The van der Waals surface area contributed by atoms with Crippen LogP contribution in [0.2, 0.25) is 0 Å². The van der Waals surface area contributed by atoms with Crippen molar-refractivity contribution in [2.75, 3.05) is 6.61 Å². The van der Waals surface area contributed by atoms with Crippen molar-refractivity contribution in [3.63, 3.8) is 0 Å².